The van der Waals surface area contributed by atoms with E-state index in [1.165, 1.54) is 18.5 Å². The molecular weight excluding hydrogens is 220 g/mol. The summed E-state index contributed by atoms with van der Waals surface area (Å²) in [7, 11) is 0. The van der Waals surface area contributed by atoms with E-state index >= 15 is 0 Å². The van der Waals surface area contributed by atoms with Crippen LogP contribution in [0.25, 0.3) is 0 Å². The lowest BCUT2D eigenvalue weighted by atomic mass is 10.4. The number of aromatic nitrogens is 3. The molecule has 2 heterocycles. The van der Waals surface area contributed by atoms with Crippen LogP contribution in [0.15, 0.2) is 23.8 Å². The van der Waals surface area contributed by atoms with Gasteiger partial charge >= 0.3 is 0 Å². The normalized spacial score (nSPS) is 15.5. The fraction of sp³-hybridized carbons (Fsp3) is 0.455. The van der Waals surface area contributed by atoms with Crippen LogP contribution >= 0.6 is 11.3 Å². The molecule has 84 valence electrons. The Hall–Kier alpha value is -1.20. The van der Waals surface area contributed by atoms with Gasteiger partial charge in [-0.3, -0.25) is 4.68 Å². The first kappa shape index (κ1) is 9.99. The van der Waals surface area contributed by atoms with E-state index in [-0.39, 0.29) is 0 Å². The smallest absolute Gasteiger partial charge is 0.114 e. The zero-order valence-corrected chi connectivity index (χ0v) is 9.78. The van der Waals surface area contributed by atoms with E-state index in [1.54, 1.807) is 11.3 Å². The van der Waals surface area contributed by atoms with Crippen molar-refractivity contribution in [2.45, 2.75) is 32.0 Å². The number of nitrogens with zero attached hydrogens (tertiary/aromatic N) is 3. The monoisotopic (exact) mass is 234 g/mol. The molecule has 0 atom stereocenters. The zero-order valence-electron chi connectivity index (χ0n) is 8.97. The van der Waals surface area contributed by atoms with Gasteiger partial charge in [-0.05, 0) is 18.9 Å². The van der Waals surface area contributed by atoms with Gasteiger partial charge in [0.25, 0.3) is 0 Å². The summed E-state index contributed by atoms with van der Waals surface area (Å²) in [5, 5.41) is 10.9. The molecular formula is C11H14N4S. The van der Waals surface area contributed by atoms with Crippen LogP contribution in [0, 0.1) is 0 Å². The van der Waals surface area contributed by atoms with Gasteiger partial charge in [-0.2, -0.15) is 5.10 Å². The molecule has 2 aromatic heterocycles. The fourth-order valence-corrected chi connectivity index (χ4v) is 2.25. The lowest BCUT2D eigenvalue weighted by molar-refractivity contribution is 0.592. The highest BCUT2D eigenvalue weighted by Gasteiger charge is 2.20. The maximum Gasteiger partial charge on any atom is 0.114 e. The molecule has 0 radical (unpaired) electrons. The fourth-order valence-electron chi connectivity index (χ4n) is 1.65. The molecule has 0 aliphatic heterocycles. The molecule has 3 rings (SSSR count). The van der Waals surface area contributed by atoms with Crippen LogP contribution in [-0.2, 0) is 13.1 Å². The Kier molecular flexibility index (Phi) is 2.71. The molecule has 4 nitrogen and oxygen atoms in total. The number of hydrogen-bond acceptors (Lipinski definition) is 4. The average Bonchev–Trinajstić information content (AvgIpc) is 2.79. The predicted octanol–water partition coefficient (Wildman–Crippen LogP) is 1.64. The van der Waals surface area contributed by atoms with Crippen LogP contribution in [0.2, 0.25) is 0 Å². The quantitative estimate of drug-likeness (QED) is 0.855. The maximum atomic E-state index is 4.33. The summed E-state index contributed by atoms with van der Waals surface area (Å²) in [5.74, 6) is 0. The van der Waals surface area contributed by atoms with E-state index in [0.29, 0.717) is 0 Å². The first-order valence-electron chi connectivity index (χ1n) is 5.54. The molecule has 2 aromatic rings. The lowest BCUT2D eigenvalue weighted by Gasteiger charge is -2.06. The molecule has 5 heteroatoms. The molecule has 0 saturated heterocycles. The minimum absolute atomic E-state index is 0.739. The van der Waals surface area contributed by atoms with Gasteiger partial charge in [-0.15, -0.1) is 11.3 Å². The highest BCUT2D eigenvalue weighted by Crippen LogP contribution is 2.19. The van der Waals surface area contributed by atoms with Crippen molar-refractivity contribution in [3.05, 3.63) is 34.5 Å². The largest absolute Gasteiger partial charge is 0.308 e. The van der Waals surface area contributed by atoms with E-state index < -0.39 is 0 Å². The molecule has 1 fully saturated rings. The molecule has 0 aromatic carbocycles. The van der Waals surface area contributed by atoms with E-state index in [4.69, 9.17) is 0 Å². The summed E-state index contributed by atoms with van der Waals surface area (Å²) in [6.07, 6.45) is 6.34. The maximum absolute atomic E-state index is 4.33. The standard InChI is InChI=1S/C11H14N4S/c1-2-9(1)13-7-10-3-4-14-15(10)8-11-12-5-6-16-11/h3-6,9,13H,1-2,7-8H2. The first-order valence-corrected chi connectivity index (χ1v) is 6.42. The summed E-state index contributed by atoms with van der Waals surface area (Å²) in [6.45, 7) is 1.70. The van der Waals surface area contributed by atoms with Gasteiger partial charge in [0, 0.05) is 30.4 Å². The number of hydrogen-bond donors (Lipinski definition) is 1. The third-order valence-corrected chi connectivity index (χ3v) is 3.49. The van der Waals surface area contributed by atoms with Crippen molar-refractivity contribution in [2.24, 2.45) is 0 Å². The van der Waals surface area contributed by atoms with Gasteiger partial charge < -0.3 is 5.32 Å². The molecule has 1 N–H and O–H groups in total. The molecule has 1 aliphatic carbocycles. The van der Waals surface area contributed by atoms with Crippen molar-refractivity contribution in [1.82, 2.24) is 20.1 Å². The third-order valence-electron chi connectivity index (χ3n) is 2.72. The van der Waals surface area contributed by atoms with Gasteiger partial charge in [0.2, 0.25) is 0 Å². The first-order chi connectivity index (χ1) is 7.92. The van der Waals surface area contributed by atoms with Gasteiger partial charge in [0.05, 0.1) is 12.2 Å². The van der Waals surface area contributed by atoms with E-state index in [2.05, 4.69) is 21.5 Å². The van der Waals surface area contributed by atoms with Crippen molar-refractivity contribution < 1.29 is 0 Å². The Balaban J connectivity index is 1.66. The van der Waals surface area contributed by atoms with Crippen molar-refractivity contribution in [3.8, 4) is 0 Å². The highest BCUT2D eigenvalue weighted by molar-refractivity contribution is 7.09. The van der Waals surface area contributed by atoms with E-state index in [1.807, 2.05) is 22.5 Å². The van der Waals surface area contributed by atoms with Crippen molar-refractivity contribution in [3.63, 3.8) is 0 Å². The van der Waals surface area contributed by atoms with E-state index in [9.17, 15) is 0 Å². The summed E-state index contributed by atoms with van der Waals surface area (Å²) in [4.78, 5) is 4.28. The van der Waals surface area contributed by atoms with Crippen LogP contribution in [0.1, 0.15) is 23.5 Å². The Bertz CT molecular complexity index is 444. The second kappa shape index (κ2) is 4.35. The lowest BCUT2D eigenvalue weighted by Crippen LogP contribution is -2.18. The Labute approximate surface area is 98.3 Å². The minimum atomic E-state index is 0.739. The SMILES string of the molecule is c1csc(Cn2nccc2CNC2CC2)n1. The molecule has 16 heavy (non-hydrogen) atoms. The molecule has 1 saturated carbocycles. The second-order valence-corrected chi connectivity index (χ2v) is 5.04. The van der Waals surface area contributed by atoms with Gasteiger partial charge in [-0.25, -0.2) is 4.98 Å². The van der Waals surface area contributed by atoms with Crippen molar-refractivity contribution in [2.75, 3.05) is 0 Å². The predicted molar refractivity (Wildman–Crippen MR) is 63.3 cm³/mol. The summed E-state index contributed by atoms with van der Waals surface area (Å²) in [6, 6.07) is 2.81. The third kappa shape index (κ3) is 2.31. The number of rotatable bonds is 5. The van der Waals surface area contributed by atoms with Crippen LogP contribution in [-0.4, -0.2) is 20.8 Å². The van der Waals surface area contributed by atoms with E-state index in [0.717, 1.165) is 24.1 Å². The number of nitrogens with one attached hydrogen (secondary N) is 1. The van der Waals surface area contributed by atoms with Crippen LogP contribution in [0.3, 0.4) is 0 Å². The Morgan fingerprint density at radius 2 is 2.38 bits per heavy atom. The topological polar surface area (TPSA) is 42.7 Å². The summed E-state index contributed by atoms with van der Waals surface area (Å²) < 4.78 is 2.02. The van der Waals surface area contributed by atoms with Crippen molar-refractivity contribution in [1.29, 1.82) is 0 Å². The Morgan fingerprint density at radius 1 is 1.44 bits per heavy atom. The number of thiazole rings is 1. The summed E-state index contributed by atoms with van der Waals surface area (Å²) >= 11 is 1.67. The van der Waals surface area contributed by atoms with Gasteiger partial charge in [0.15, 0.2) is 0 Å². The zero-order chi connectivity index (χ0) is 10.8. The van der Waals surface area contributed by atoms with Crippen LogP contribution in [0.4, 0.5) is 0 Å². The Morgan fingerprint density at radius 3 is 3.12 bits per heavy atom. The molecule has 0 spiro atoms. The highest BCUT2D eigenvalue weighted by atomic mass is 32.1. The molecule has 0 unspecified atom stereocenters. The van der Waals surface area contributed by atoms with Gasteiger partial charge in [-0.1, -0.05) is 0 Å². The minimum Gasteiger partial charge on any atom is -0.308 e. The molecule has 1 aliphatic rings. The average molecular weight is 234 g/mol. The van der Waals surface area contributed by atoms with Gasteiger partial charge in [0.1, 0.15) is 5.01 Å². The molecule has 0 bridgehead atoms. The summed E-state index contributed by atoms with van der Waals surface area (Å²) in [5.41, 5.74) is 1.24. The molecule has 0 amide bonds. The van der Waals surface area contributed by atoms with Crippen molar-refractivity contribution >= 4 is 11.3 Å². The van der Waals surface area contributed by atoms with Crippen LogP contribution < -0.4 is 5.32 Å². The van der Waals surface area contributed by atoms with Crippen LogP contribution in [0.5, 0.6) is 0 Å². The second-order valence-electron chi connectivity index (χ2n) is 4.06.